The highest BCUT2D eigenvalue weighted by Gasteiger charge is 2.28. The van der Waals surface area contributed by atoms with Crippen LogP contribution in [-0.2, 0) is 9.47 Å². The summed E-state index contributed by atoms with van der Waals surface area (Å²) in [7, 11) is 1.33. The SMILES string of the molecule is COC(=O)N1CCO[C@@H](COc2ccc3c(c2)C(=O)NC3=O)C1. The molecule has 1 aromatic carbocycles. The number of carbonyl (C=O) groups is 3. The van der Waals surface area contributed by atoms with E-state index in [1.807, 2.05) is 0 Å². The molecule has 0 radical (unpaired) electrons. The first kappa shape index (κ1) is 15.3. The van der Waals surface area contributed by atoms with E-state index in [9.17, 15) is 14.4 Å². The summed E-state index contributed by atoms with van der Waals surface area (Å²) in [5.41, 5.74) is 0.640. The lowest BCUT2D eigenvalue weighted by Crippen LogP contribution is -2.47. The molecule has 1 atom stereocenters. The van der Waals surface area contributed by atoms with Gasteiger partial charge in [0.05, 0.1) is 31.4 Å². The molecule has 1 aromatic rings. The van der Waals surface area contributed by atoms with Crippen molar-refractivity contribution in [3.63, 3.8) is 0 Å². The highest BCUT2D eigenvalue weighted by molar-refractivity contribution is 6.21. The fraction of sp³-hybridized carbons (Fsp3) is 0.400. The molecule has 1 fully saturated rings. The van der Waals surface area contributed by atoms with Gasteiger partial charge in [-0.3, -0.25) is 14.9 Å². The molecule has 122 valence electrons. The Morgan fingerprint density at radius 2 is 2.13 bits per heavy atom. The summed E-state index contributed by atoms with van der Waals surface area (Å²) >= 11 is 0. The summed E-state index contributed by atoms with van der Waals surface area (Å²) < 4.78 is 15.9. The number of fused-ring (bicyclic) bond motifs is 1. The van der Waals surface area contributed by atoms with Crippen LogP contribution in [0.1, 0.15) is 20.7 Å². The second-order valence-corrected chi connectivity index (χ2v) is 5.21. The maximum absolute atomic E-state index is 11.6. The summed E-state index contributed by atoms with van der Waals surface area (Å²) in [5, 5.41) is 2.22. The number of ether oxygens (including phenoxy) is 3. The van der Waals surface area contributed by atoms with Crippen molar-refractivity contribution in [1.82, 2.24) is 10.2 Å². The molecule has 2 heterocycles. The molecule has 1 saturated heterocycles. The van der Waals surface area contributed by atoms with Gasteiger partial charge < -0.3 is 19.1 Å². The average molecular weight is 320 g/mol. The van der Waals surface area contributed by atoms with Crippen LogP contribution in [0, 0.1) is 0 Å². The number of methoxy groups -OCH3 is 1. The maximum Gasteiger partial charge on any atom is 0.409 e. The van der Waals surface area contributed by atoms with Gasteiger partial charge in [-0.1, -0.05) is 0 Å². The van der Waals surface area contributed by atoms with Gasteiger partial charge in [-0.2, -0.15) is 0 Å². The van der Waals surface area contributed by atoms with Crippen LogP contribution in [-0.4, -0.2) is 62.3 Å². The van der Waals surface area contributed by atoms with Crippen LogP contribution in [0.5, 0.6) is 5.75 Å². The lowest BCUT2D eigenvalue weighted by atomic mass is 10.1. The lowest BCUT2D eigenvalue weighted by Gasteiger charge is -2.31. The zero-order valence-corrected chi connectivity index (χ0v) is 12.5. The number of morpholine rings is 1. The Morgan fingerprint density at radius 3 is 2.91 bits per heavy atom. The van der Waals surface area contributed by atoms with Gasteiger partial charge in [-0.05, 0) is 18.2 Å². The van der Waals surface area contributed by atoms with Crippen molar-refractivity contribution in [2.24, 2.45) is 0 Å². The number of nitrogens with zero attached hydrogens (tertiary/aromatic N) is 1. The molecule has 0 unspecified atom stereocenters. The van der Waals surface area contributed by atoms with E-state index in [1.165, 1.54) is 13.2 Å². The van der Waals surface area contributed by atoms with E-state index in [0.29, 0.717) is 36.6 Å². The number of hydrogen-bond donors (Lipinski definition) is 1. The number of imide groups is 1. The van der Waals surface area contributed by atoms with Crippen LogP contribution < -0.4 is 10.1 Å². The first-order valence-corrected chi connectivity index (χ1v) is 7.15. The number of carbonyl (C=O) groups excluding carboxylic acids is 3. The van der Waals surface area contributed by atoms with Gasteiger partial charge in [0.25, 0.3) is 11.8 Å². The molecule has 8 heteroatoms. The number of hydrogen-bond acceptors (Lipinski definition) is 6. The number of rotatable bonds is 3. The van der Waals surface area contributed by atoms with E-state index in [-0.39, 0.29) is 12.7 Å². The number of nitrogens with one attached hydrogen (secondary N) is 1. The zero-order chi connectivity index (χ0) is 16.4. The van der Waals surface area contributed by atoms with Crippen molar-refractivity contribution in [2.75, 3.05) is 33.4 Å². The van der Waals surface area contributed by atoms with Gasteiger partial charge in [-0.25, -0.2) is 4.79 Å². The predicted molar refractivity (Wildman–Crippen MR) is 77.5 cm³/mol. The van der Waals surface area contributed by atoms with E-state index in [1.54, 1.807) is 17.0 Å². The van der Waals surface area contributed by atoms with Gasteiger partial charge in [0, 0.05) is 6.54 Å². The summed E-state index contributed by atoms with van der Waals surface area (Å²) in [6.45, 7) is 1.48. The molecule has 8 nitrogen and oxygen atoms in total. The third kappa shape index (κ3) is 3.11. The van der Waals surface area contributed by atoms with E-state index >= 15 is 0 Å². The van der Waals surface area contributed by atoms with E-state index in [2.05, 4.69) is 10.1 Å². The van der Waals surface area contributed by atoms with E-state index < -0.39 is 17.9 Å². The molecule has 23 heavy (non-hydrogen) atoms. The number of benzene rings is 1. The highest BCUT2D eigenvalue weighted by atomic mass is 16.6. The highest BCUT2D eigenvalue weighted by Crippen LogP contribution is 2.22. The summed E-state index contributed by atoms with van der Waals surface area (Å²) in [4.78, 5) is 36.2. The van der Waals surface area contributed by atoms with Crippen LogP contribution in [0.3, 0.4) is 0 Å². The van der Waals surface area contributed by atoms with Crippen molar-refractivity contribution in [1.29, 1.82) is 0 Å². The van der Waals surface area contributed by atoms with E-state index in [4.69, 9.17) is 9.47 Å². The molecule has 3 amide bonds. The smallest absolute Gasteiger partial charge is 0.409 e. The first-order valence-electron chi connectivity index (χ1n) is 7.15. The van der Waals surface area contributed by atoms with Crippen LogP contribution in [0.15, 0.2) is 18.2 Å². The quantitative estimate of drug-likeness (QED) is 0.811. The Balaban J connectivity index is 1.61. The first-order chi connectivity index (χ1) is 11.1. The van der Waals surface area contributed by atoms with E-state index in [0.717, 1.165) is 0 Å². The van der Waals surface area contributed by atoms with Crippen molar-refractivity contribution in [3.8, 4) is 5.75 Å². The van der Waals surface area contributed by atoms with Gasteiger partial charge >= 0.3 is 6.09 Å². The molecule has 2 aliphatic heterocycles. The third-order valence-corrected chi connectivity index (χ3v) is 3.71. The average Bonchev–Trinajstić information content (AvgIpc) is 2.86. The van der Waals surface area contributed by atoms with Gasteiger partial charge in [0.2, 0.25) is 0 Å². The summed E-state index contributed by atoms with van der Waals surface area (Å²) in [6, 6.07) is 4.70. The number of amides is 3. The fourth-order valence-electron chi connectivity index (χ4n) is 2.54. The Bertz CT molecular complexity index is 659. The molecule has 2 aliphatic rings. The monoisotopic (exact) mass is 320 g/mol. The molecule has 3 rings (SSSR count). The molecule has 0 saturated carbocycles. The predicted octanol–water partition coefficient (Wildman–Crippen LogP) is 0.416. The minimum atomic E-state index is -0.429. The van der Waals surface area contributed by atoms with Gasteiger partial charge in [0.1, 0.15) is 18.5 Å². The standard InChI is InChI=1S/C15H16N2O6/c1-21-15(20)17-4-5-22-10(7-17)8-23-9-2-3-11-12(6-9)14(19)16-13(11)18/h2-3,6,10H,4-5,7-8H2,1H3,(H,16,18,19)/t10-/m1/s1. The topological polar surface area (TPSA) is 94.2 Å². The largest absolute Gasteiger partial charge is 0.491 e. The fourth-order valence-corrected chi connectivity index (χ4v) is 2.54. The van der Waals surface area contributed by atoms with Gasteiger partial charge in [-0.15, -0.1) is 0 Å². The normalized spacial score (nSPS) is 20.0. The second kappa shape index (κ2) is 6.25. The maximum atomic E-state index is 11.6. The van der Waals surface area contributed by atoms with Crippen molar-refractivity contribution in [3.05, 3.63) is 29.3 Å². The Labute approximate surface area is 132 Å². The minimum absolute atomic E-state index is 0.224. The molecule has 0 spiro atoms. The van der Waals surface area contributed by atoms with Gasteiger partial charge in [0.15, 0.2) is 0 Å². The van der Waals surface area contributed by atoms with Crippen molar-refractivity contribution in [2.45, 2.75) is 6.10 Å². The van der Waals surface area contributed by atoms with Crippen molar-refractivity contribution >= 4 is 17.9 Å². The zero-order valence-electron chi connectivity index (χ0n) is 12.5. The van der Waals surface area contributed by atoms with Crippen LogP contribution in [0.2, 0.25) is 0 Å². The molecular formula is C15H16N2O6. The molecule has 1 N–H and O–H groups in total. The second-order valence-electron chi connectivity index (χ2n) is 5.21. The Kier molecular flexibility index (Phi) is 4.16. The summed E-state index contributed by atoms with van der Waals surface area (Å²) in [5.74, 6) is -0.366. The van der Waals surface area contributed by atoms with Crippen molar-refractivity contribution < 1.29 is 28.6 Å². The lowest BCUT2D eigenvalue weighted by molar-refractivity contribution is -0.0431. The van der Waals surface area contributed by atoms with Crippen LogP contribution in [0.4, 0.5) is 4.79 Å². The van der Waals surface area contributed by atoms with Crippen LogP contribution >= 0.6 is 0 Å². The Hall–Kier alpha value is -2.61. The van der Waals surface area contributed by atoms with Crippen LogP contribution in [0.25, 0.3) is 0 Å². The molecule has 0 bridgehead atoms. The third-order valence-electron chi connectivity index (χ3n) is 3.71. The molecule has 0 aromatic heterocycles. The minimum Gasteiger partial charge on any atom is -0.491 e. The Morgan fingerprint density at radius 1 is 1.35 bits per heavy atom. The molecule has 0 aliphatic carbocycles. The summed E-state index contributed by atoms with van der Waals surface area (Å²) in [6.07, 6.45) is -0.683. The molecular weight excluding hydrogens is 304 g/mol.